The molecule has 2 aromatic heterocycles. The fourth-order valence-electron chi connectivity index (χ4n) is 10.2. The Morgan fingerprint density at radius 2 is 1.59 bits per heavy atom. The zero-order valence-electron chi connectivity index (χ0n) is 45.3. The molecule has 22 heteroatoms. The van der Waals surface area contributed by atoms with Crippen LogP contribution in [-0.4, -0.2) is 156 Å². The molecule has 0 radical (unpaired) electrons. The number of amides is 5. The van der Waals surface area contributed by atoms with Crippen LogP contribution < -0.4 is 26.2 Å². The number of benzene rings is 4. The number of H-pyrrole nitrogens is 1. The third-order valence-corrected chi connectivity index (χ3v) is 15.5. The Balaban J connectivity index is 0.718. The Kier molecular flexibility index (Phi) is 18.5. The van der Waals surface area contributed by atoms with Crippen LogP contribution in [0, 0.1) is 24.0 Å². The number of thiazole rings is 1. The minimum absolute atomic E-state index is 0.00947. The number of halogens is 2. The molecule has 424 valence electrons. The molecule has 0 bridgehead atoms. The molecule has 19 nitrogen and oxygen atoms in total. The average molecular weight is 1120 g/mol. The first-order chi connectivity index (χ1) is 38.4. The van der Waals surface area contributed by atoms with E-state index in [0.717, 1.165) is 51.9 Å². The molecule has 4 aromatic carbocycles. The second-order valence-electron chi connectivity index (χ2n) is 21.5. The van der Waals surface area contributed by atoms with Gasteiger partial charge in [0, 0.05) is 87.8 Å². The van der Waals surface area contributed by atoms with Crippen molar-refractivity contribution in [3.05, 3.63) is 124 Å². The van der Waals surface area contributed by atoms with Crippen LogP contribution in [0.2, 0.25) is 0 Å². The summed E-state index contributed by atoms with van der Waals surface area (Å²) in [6.45, 7) is 10.2. The molecule has 6 aromatic rings. The van der Waals surface area contributed by atoms with Crippen molar-refractivity contribution >= 4 is 69.0 Å². The SMILES string of the molecule is Cc1ncsc1-c1ccc(CNC(=O)[C@@H]2C[C@@H](O)CN2C(=O)C(NC(=O)COCCOCC(=O)N2CCN(c3ccc(C(=O)Nc4n[nH]c5ccc(Cc6cc(F)cc(F)c6)cc45)c(NC4CCOCC4)c3)CC2)C(C)(C)C)cc1. The number of hydrogen-bond acceptors (Lipinski definition) is 14. The van der Waals surface area contributed by atoms with Gasteiger partial charge in [-0.15, -0.1) is 11.3 Å². The molecule has 0 saturated carbocycles. The number of aliphatic hydroxyl groups excluding tert-OH is 1. The van der Waals surface area contributed by atoms with Crippen molar-refractivity contribution in [3.63, 3.8) is 0 Å². The second-order valence-corrected chi connectivity index (χ2v) is 22.4. The molecule has 3 aliphatic rings. The molecule has 0 aliphatic carbocycles. The van der Waals surface area contributed by atoms with Crippen LogP contribution in [0.25, 0.3) is 21.3 Å². The summed E-state index contributed by atoms with van der Waals surface area (Å²) in [5.41, 5.74) is 7.77. The van der Waals surface area contributed by atoms with Crippen LogP contribution in [0.4, 0.5) is 26.0 Å². The number of nitrogens with zero attached hydrogens (tertiary/aromatic N) is 5. The number of aryl methyl sites for hydroxylation is 1. The van der Waals surface area contributed by atoms with Gasteiger partial charge < -0.3 is 55.3 Å². The molecule has 3 saturated heterocycles. The minimum atomic E-state index is -1.03. The summed E-state index contributed by atoms with van der Waals surface area (Å²) in [5, 5.41) is 30.8. The highest BCUT2D eigenvalue weighted by molar-refractivity contribution is 7.13. The zero-order chi connectivity index (χ0) is 56.5. The standard InChI is InChI=1S/C58H68F2N10O9S/c1-35-52(80-34-62-35)39-8-5-36(6-9-39)30-61-56(75)49-29-44(71)31-70(49)57(76)53(58(2,3)4)64-50(72)32-78-21-22-79-33-51(73)69-17-15-68(16-18-69)43-10-11-45(48(28-43)63-42-13-19-77-20-14-42)55(74)65-54-46-26-37(7-12-47(46)66-67-54)23-38-24-40(59)27-41(60)25-38/h5-12,24-28,34,42,44,49,53,63,71H,13-23,29-33H2,1-4H3,(H,61,75)(H,64,72)(H2,65,66,67,74)/t44-,49+,53?/m1/s1. The van der Waals surface area contributed by atoms with Gasteiger partial charge in [0.1, 0.15) is 36.9 Å². The fourth-order valence-corrected chi connectivity index (χ4v) is 11.0. The molecule has 3 atom stereocenters. The van der Waals surface area contributed by atoms with E-state index in [9.17, 15) is 37.9 Å². The molecule has 3 fully saturated rings. The summed E-state index contributed by atoms with van der Waals surface area (Å²) >= 11 is 1.56. The lowest BCUT2D eigenvalue weighted by molar-refractivity contribution is -0.144. The summed E-state index contributed by atoms with van der Waals surface area (Å²) in [5.74, 6) is -3.00. The van der Waals surface area contributed by atoms with Crippen LogP contribution >= 0.6 is 11.3 Å². The lowest BCUT2D eigenvalue weighted by Gasteiger charge is -2.36. The van der Waals surface area contributed by atoms with Crippen molar-refractivity contribution < 1.29 is 52.1 Å². The normalized spacial score (nSPS) is 17.4. The van der Waals surface area contributed by atoms with Gasteiger partial charge in [0.05, 0.1) is 46.5 Å². The van der Waals surface area contributed by atoms with E-state index in [-0.39, 0.29) is 70.2 Å². The van der Waals surface area contributed by atoms with Crippen molar-refractivity contribution in [2.75, 3.05) is 87.9 Å². The van der Waals surface area contributed by atoms with Gasteiger partial charge in [-0.1, -0.05) is 51.1 Å². The summed E-state index contributed by atoms with van der Waals surface area (Å²) in [6.07, 6.45) is 0.961. The molecule has 3 aliphatic heterocycles. The first kappa shape index (κ1) is 57.3. The number of rotatable bonds is 20. The van der Waals surface area contributed by atoms with Gasteiger partial charge in [0.25, 0.3) is 5.91 Å². The maximum atomic E-state index is 14.1. The van der Waals surface area contributed by atoms with Crippen molar-refractivity contribution in [3.8, 4) is 10.4 Å². The monoisotopic (exact) mass is 1120 g/mol. The van der Waals surface area contributed by atoms with Crippen LogP contribution in [0.5, 0.6) is 0 Å². The van der Waals surface area contributed by atoms with E-state index in [1.54, 1.807) is 48.6 Å². The first-order valence-corrected chi connectivity index (χ1v) is 27.8. The summed E-state index contributed by atoms with van der Waals surface area (Å²) in [7, 11) is 0. The van der Waals surface area contributed by atoms with E-state index in [2.05, 4.69) is 41.3 Å². The Hall–Kier alpha value is -7.37. The van der Waals surface area contributed by atoms with E-state index in [1.165, 1.54) is 17.0 Å². The second kappa shape index (κ2) is 25.8. The van der Waals surface area contributed by atoms with Crippen LogP contribution in [-0.2, 0) is 46.4 Å². The predicted molar refractivity (Wildman–Crippen MR) is 299 cm³/mol. The van der Waals surface area contributed by atoms with E-state index in [0.29, 0.717) is 72.9 Å². The van der Waals surface area contributed by atoms with E-state index < -0.39 is 53.0 Å². The molecule has 0 spiro atoms. The molecule has 1 unspecified atom stereocenters. The van der Waals surface area contributed by atoms with Gasteiger partial charge in [-0.05, 0) is 96.3 Å². The number of β-amino-alcohol motifs (C(OH)–C–C–N with tert-alkyl or cyclic N) is 1. The van der Waals surface area contributed by atoms with Gasteiger partial charge in [-0.25, -0.2) is 13.8 Å². The number of carbonyl (C=O) groups is 5. The van der Waals surface area contributed by atoms with Crippen molar-refractivity contribution in [1.82, 2.24) is 35.6 Å². The number of piperazine rings is 1. The molecule has 9 rings (SSSR count). The molecule has 5 amide bonds. The molecule has 5 heterocycles. The third-order valence-electron chi connectivity index (χ3n) is 14.6. The number of aromatic amines is 1. The van der Waals surface area contributed by atoms with Crippen LogP contribution in [0.15, 0.2) is 84.4 Å². The maximum absolute atomic E-state index is 14.1. The smallest absolute Gasteiger partial charge is 0.258 e. The number of hydrogen-bond donors (Lipinski definition) is 6. The summed E-state index contributed by atoms with van der Waals surface area (Å²) in [4.78, 5) is 78.7. The largest absolute Gasteiger partial charge is 0.391 e. The minimum Gasteiger partial charge on any atom is -0.391 e. The topological polar surface area (TPSA) is 233 Å². The maximum Gasteiger partial charge on any atom is 0.258 e. The van der Waals surface area contributed by atoms with Crippen LogP contribution in [0.3, 0.4) is 0 Å². The number of ether oxygens (including phenoxy) is 3. The van der Waals surface area contributed by atoms with Crippen molar-refractivity contribution in [1.29, 1.82) is 0 Å². The van der Waals surface area contributed by atoms with Gasteiger partial charge in [-0.2, -0.15) is 5.10 Å². The fraction of sp³-hybridized carbons (Fsp3) is 0.431. The average Bonchev–Trinajstić information content (AvgIpc) is 4.24. The number of aromatic nitrogens is 3. The number of nitrogens with one attached hydrogen (secondary N) is 5. The number of likely N-dealkylation sites (tertiary alicyclic amines) is 1. The number of fused-ring (bicyclic) bond motifs is 1. The van der Waals surface area contributed by atoms with Crippen molar-refractivity contribution in [2.24, 2.45) is 5.41 Å². The van der Waals surface area contributed by atoms with Crippen LogP contribution in [0.1, 0.15) is 72.8 Å². The summed E-state index contributed by atoms with van der Waals surface area (Å²) < 4.78 is 44.7. The Morgan fingerprint density at radius 3 is 2.29 bits per heavy atom. The van der Waals surface area contributed by atoms with E-state index in [4.69, 9.17) is 14.2 Å². The highest BCUT2D eigenvalue weighted by Gasteiger charge is 2.44. The molecule has 80 heavy (non-hydrogen) atoms. The molecule has 6 N–H and O–H groups in total. The highest BCUT2D eigenvalue weighted by atomic mass is 32.1. The summed E-state index contributed by atoms with van der Waals surface area (Å²) in [6, 6.07) is 20.4. The Morgan fingerprint density at radius 1 is 0.875 bits per heavy atom. The van der Waals surface area contributed by atoms with Gasteiger partial charge >= 0.3 is 0 Å². The number of aliphatic hydroxyl groups is 1. The quantitative estimate of drug-likeness (QED) is 0.0469. The van der Waals surface area contributed by atoms with Crippen molar-refractivity contribution in [2.45, 2.75) is 84.2 Å². The van der Waals surface area contributed by atoms with Gasteiger partial charge in [-0.3, -0.25) is 29.1 Å². The highest BCUT2D eigenvalue weighted by Crippen LogP contribution is 2.32. The Bertz CT molecular complexity index is 3150. The van der Waals surface area contributed by atoms with E-state index >= 15 is 0 Å². The Labute approximate surface area is 466 Å². The van der Waals surface area contributed by atoms with Gasteiger partial charge in [0.15, 0.2) is 5.82 Å². The third kappa shape index (κ3) is 14.5. The molecular weight excluding hydrogens is 1050 g/mol. The van der Waals surface area contributed by atoms with E-state index in [1.807, 2.05) is 61.5 Å². The predicted octanol–water partition coefficient (Wildman–Crippen LogP) is 6.20. The number of anilines is 3. The lowest BCUT2D eigenvalue weighted by atomic mass is 9.85. The number of carbonyl (C=O) groups excluding carboxylic acids is 5. The van der Waals surface area contributed by atoms with Gasteiger partial charge in [0.2, 0.25) is 23.6 Å². The first-order valence-electron chi connectivity index (χ1n) is 26.9. The lowest BCUT2D eigenvalue weighted by Crippen LogP contribution is -2.58. The molecular formula is C58H68F2N10O9S. The zero-order valence-corrected chi connectivity index (χ0v) is 46.1.